The molecular weight excluding hydrogens is 406 g/mol. The predicted octanol–water partition coefficient (Wildman–Crippen LogP) is 2.87. The third kappa shape index (κ3) is 5.42. The van der Waals surface area contributed by atoms with Crippen LogP contribution in [-0.2, 0) is 26.2 Å². The number of carbonyl (C=O) groups is 1. The van der Waals surface area contributed by atoms with E-state index in [4.69, 9.17) is 10.2 Å². The average molecular weight is 429 g/mol. The van der Waals surface area contributed by atoms with Crippen LogP contribution in [0.5, 0.6) is 0 Å². The van der Waals surface area contributed by atoms with Crippen LogP contribution in [0.3, 0.4) is 0 Å². The van der Waals surface area contributed by atoms with Crippen molar-refractivity contribution in [2.75, 3.05) is 0 Å². The van der Waals surface area contributed by atoms with E-state index in [1.165, 1.54) is 0 Å². The van der Waals surface area contributed by atoms with E-state index in [0.717, 1.165) is 27.8 Å². The Balaban J connectivity index is 1.35. The second-order valence-electron chi connectivity index (χ2n) is 7.42. The highest BCUT2D eigenvalue weighted by Gasteiger charge is 2.08. The summed E-state index contributed by atoms with van der Waals surface area (Å²) in [6, 6.07) is 22.4. The molecule has 32 heavy (non-hydrogen) atoms. The molecule has 0 spiro atoms. The molecule has 4 aromatic rings. The van der Waals surface area contributed by atoms with Gasteiger partial charge in [-0.1, -0.05) is 54.6 Å². The monoisotopic (exact) mass is 429 g/mol. The fourth-order valence-corrected chi connectivity index (χ4v) is 3.28. The number of tetrazole rings is 1. The zero-order valence-corrected chi connectivity index (χ0v) is 17.3. The molecule has 0 unspecified atom stereocenters. The summed E-state index contributed by atoms with van der Waals surface area (Å²) < 4.78 is 0. The molecule has 0 saturated heterocycles. The zero-order valence-electron chi connectivity index (χ0n) is 17.3. The molecule has 3 aromatic carbocycles. The van der Waals surface area contributed by atoms with Crippen molar-refractivity contribution in [2.24, 2.45) is 0 Å². The van der Waals surface area contributed by atoms with Crippen molar-refractivity contribution in [1.82, 2.24) is 25.5 Å². The molecule has 0 aliphatic heterocycles. The first-order chi connectivity index (χ1) is 15.6. The largest absolute Gasteiger partial charge is 0.478 e. The molecular formula is C24H23N5O3. The molecule has 0 aliphatic carbocycles. The average Bonchev–Trinajstić information content (AvgIpc) is 3.29. The Labute approximate surface area is 185 Å². The van der Waals surface area contributed by atoms with Crippen LogP contribution >= 0.6 is 0 Å². The van der Waals surface area contributed by atoms with Gasteiger partial charge in [-0.25, -0.2) is 4.79 Å². The maximum absolute atomic E-state index is 10.9. The van der Waals surface area contributed by atoms with E-state index in [9.17, 15) is 4.79 Å². The minimum Gasteiger partial charge on any atom is -0.478 e. The molecule has 8 heteroatoms. The third-order valence-corrected chi connectivity index (χ3v) is 5.03. The Bertz CT molecular complexity index is 1190. The van der Waals surface area contributed by atoms with Crippen LogP contribution in [0.4, 0.5) is 0 Å². The van der Waals surface area contributed by atoms with Crippen molar-refractivity contribution in [2.45, 2.75) is 26.2 Å². The van der Waals surface area contributed by atoms with Gasteiger partial charge in [0.25, 0.3) is 0 Å². The van der Waals surface area contributed by atoms with Crippen LogP contribution in [0.2, 0.25) is 0 Å². The summed E-state index contributed by atoms with van der Waals surface area (Å²) in [5.74, 6) is -0.366. The number of nitrogens with zero attached hydrogens (tertiary/aromatic N) is 4. The van der Waals surface area contributed by atoms with Gasteiger partial charge in [-0.3, -0.25) is 0 Å². The van der Waals surface area contributed by atoms with Crippen LogP contribution < -0.4 is 5.32 Å². The van der Waals surface area contributed by atoms with Crippen LogP contribution in [0, 0.1) is 0 Å². The van der Waals surface area contributed by atoms with Gasteiger partial charge in [0.1, 0.15) is 0 Å². The van der Waals surface area contributed by atoms with E-state index in [-0.39, 0.29) is 12.2 Å². The van der Waals surface area contributed by atoms with Crippen molar-refractivity contribution in [3.8, 4) is 11.4 Å². The number of aliphatic hydroxyl groups is 1. The van der Waals surface area contributed by atoms with E-state index in [2.05, 4.69) is 20.7 Å². The number of hydrogen-bond acceptors (Lipinski definition) is 6. The van der Waals surface area contributed by atoms with Gasteiger partial charge in [0.05, 0.1) is 18.7 Å². The van der Waals surface area contributed by atoms with Gasteiger partial charge in [0.2, 0.25) is 5.82 Å². The first-order valence-corrected chi connectivity index (χ1v) is 10.2. The third-order valence-electron chi connectivity index (χ3n) is 5.03. The first kappa shape index (κ1) is 21.4. The number of carboxylic acid groups (broad SMARTS) is 1. The van der Waals surface area contributed by atoms with Crippen LogP contribution in [-0.4, -0.2) is 36.4 Å². The lowest BCUT2D eigenvalue weighted by atomic mass is 10.1. The maximum Gasteiger partial charge on any atom is 0.335 e. The van der Waals surface area contributed by atoms with E-state index in [0.29, 0.717) is 25.5 Å². The summed E-state index contributed by atoms with van der Waals surface area (Å²) in [6.45, 7) is 1.81. The van der Waals surface area contributed by atoms with Crippen LogP contribution in [0.15, 0.2) is 72.8 Å². The molecule has 1 aromatic heterocycles. The molecule has 0 saturated carbocycles. The maximum atomic E-state index is 10.9. The molecule has 8 nitrogen and oxygen atoms in total. The fourth-order valence-electron chi connectivity index (χ4n) is 3.28. The van der Waals surface area contributed by atoms with Gasteiger partial charge >= 0.3 is 5.97 Å². The highest BCUT2D eigenvalue weighted by Crippen LogP contribution is 2.16. The summed E-state index contributed by atoms with van der Waals surface area (Å²) in [7, 11) is 0. The van der Waals surface area contributed by atoms with Crippen molar-refractivity contribution < 1.29 is 15.0 Å². The topological polar surface area (TPSA) is 113 Å². The molecule has 1 heterocycles. The minimum absolute atomic E-state index is 0.0220. The minimum atomic E-state index is -0.925. The summed E-state index contributed by atoms with van der Waals surface area (Å²) in [4.78, 5) is 12.5. The van der Waals surface area contributed by atoms with Gasteiger partial charge in [-0.2, -0.15) is 4.80 Å². The number of nitrogens with one attached hydrogen (secondary N) is 1. The lowest BCUT2D eigenvalue weighted by Gasteiger charge is -2.07. The second kappa shape index (κ2) is 9.95. The molecule has 3 N–H and O–H groups in total. The summed E-state index contributed by atoms with van der Waals surface area (Å²) in [5, 5.41) is 34.3. The molecule has 0 atom stereocenters. The number of aliphatic hydroxyl groups excluding tert-OH is 1. The van der Waals surface area contributed by atoms with E-state index in [1.807, 2.05) is 60.7 Å². The molecule has 0 bridgehead atoms. The lowest BCUT2D eigenvalue weighted by molar-refractivity contribution is 0.0697. The molecule has 0 fully saturated rings. The summed E-state index contributed by atoms with van der Waals surface area (Å²) in [5.41, 5.74) is 5.16. The van der Waals surface area contributed by atoms with Crippen molar-refractivity contribution in [1.29, 1.82) is 0 Å². The first-order valence-electron chi connectivity index (χ1n) is 10.2. The van der Waals surface area contributed by atoms with E-state index in [1.54, 1.807) is 16.9 Å². The lowest BCUT2D eigenvalue weighted by Crippen LogP contribution is -2.12. The highest BCUT2D eigenvalue weighted by atomic mass is 16.4. The number of rotatable bonds is 9. The predicted molar refractivity (Wildman–Crippen MR) is 119 cm³/mol. The van der Waals surface area contributed by atoms with Crippen LogP contribution in [0.25, 0.3) is 11.4 Å². The van der Waals surface area contributed by atoms with Gasteiger partial charge in [0, 0.05) is 18.7 Å². The molecule has 0 radical (unpaired) electrons. The standard InChI is InChI=1S/C24H23N5O3/c30-16-19-6-4-18(5-7-19)15-29-27-23(26-28-29)22-3-1-2-20(12-22)14-25-13-17-8-10-21(11-9-17)24(31)32/h1-12,25,30H,13-16H2,(H,31,32). The van der Waals surface area contributed by atoms with E-state index >= 15 is 0 Å². The number of carboxylic acids is 1. The van der Waals surface area contributed by atoms with Crippen molar-refractivity contribution in [3.05, 3.63) is 101 Å². The molecule has 0 aliphatic rings. The quantitative estimate of drug-likeness (QED) is 0.375. The molecule has 4 rings (SSSR count). The highest BCUT2D eigenvalue weighted by molar-refractivity contribution is 5.87. The Morgan fingerprint density at radius 3 is 2.28 bits per heavy atom. The SMILES string of the molecule is O=C(O)c1ccc(CNCc2cccc(-c3nnn(Cc4ccc(CO)cc4)n3)c2)cc1. The number of aromatic nitrogens is 4. The second-order valence-corrected chi connectivity index (χ2v) is 7.42. The summed E-state index contributed by atoms with van der Waals surface area (Å²) >= 11 is 0. The van der Waals surface area contributed by atoms with Gasteiger partial charge in [0.15, 0.2) is 0 Å². The smallest absolute Gasteiger partial charge is 0.335 e. The molecule has 162 valence electrons. The Morgan fingerprint density at radius 1 is 0.875 bits per heavy atom. The van der Waals surface area contributed by atoms with Gasteiger partial charge < -0.3 is 15.5 Å². The van der Waals surface area contributed by atoms with Crippen molar-refractivity contribution >= 4 is 5.97 Å². The Kier molecular flexibility index (Phi) is 6.64. The Morgan fingerprint density at radius 2 is 1.56 bits per heavy atom. The van der Waals surface area contributed by atoms with Gasteiger partial charge in [-0.05, 0) is 45.7 Å². The van der Waals surface area contributed by atoms with Gasteiger partial charge in [-0.15, -0.1) is 10.2 Å². The number of aromatic carboxylic acids is 1. The van der Waals surface area contributed by atoms with E-state index < -0.39 is 5.97 Å². The van der Waals surface area contributed by atoms with Crippen molar-refractivity contribution in [3.63, 3.8) is 0 Å². The summed E-state index contributed by atoms with van der Waals surface area (Å²) in [6.07, 6.45) is 0. The molecule has 0 amide bonds. The normalized spacial score (nSPS) is 10.9. The van der Waals surface area contributed by atoms with Crippen LogP contribution in [0.1, 0.15) is 32.6 Å². The zero-order chi connectivity index (χ0) is 22.3. The Hall–Kier alpha value is -3.88. The number of benzene rings is 3. The fraction of sp³-hybridized carbons (Fsp3) is 0.167. The number of hydrogen-bond donors (Lipinski definition) is 3.